The average molecular weight is 363 g/mol. The first-order chi connectivity index (χ1) is 10.7. The van der Waals surface area contributed by atoms with Crippen LogP contribution in [0.3, 0.4) is 0 Å². The van der Waals surface area contributed by atoms with Crippen molar-refractivity contribution in [2.75, 3.05) is 23.8 Å². The number of halogens is 1. The highest BCUT2D eigenvalue weighted by Gasteiger charge is 2.15. The van der Waals surface area contributed by atoms with Crippen molar-refractivity contribution in [2.24, 2.45) is 0 Å². The van der Waals surface area contributed by atoms with E-state index < -0.39 is 0 Å². The van der Waals surface area contributed by atoms with Gasteiger partial charge in [-0.25, -0.2) is 4.98 Å². The van der Waals surface area contributed by atoms with Crippen LogP contribution in [0, 0.1) is 6.92 Å². The Kier molecular flexibility index (Phi) is 4.90. The Morgan fingerprint density at radius 1 is 1.27 bits per heavy atom. The number of benzene rings is 1. The summed E-state index contributed by atoms with van der Waals surface area (Å²) in [5, 5.41) is 6.57. The minimum absolute atomic E-state index is 0.290. The van der Waals surface area contributed by atoms with Crippen LogP contribution >= 0.6 is 15.9 Å². The molecule has 0 bridgehead atoms. The van der Waals surface area contributed by atoms with Crippen molar-refractivity contribution in [3.8, 4) is 0 Å². The van der Waals surface area contributed by atoms with Gasteiger partial charge in [0.05, 0.1) is 6.10 Å². The highest BCUT2D eigenvalue weighted by molar-refractivity contribution is 9.10. The lowest BCUT2D eigenvalue weighted by molar-refractivity contribution is 0.120. The van der Waals surface area contributed by atoms with Gasteiger partial charge in [-0.1, -0.05) is 15.9 Å². The van der Waals surface area contributed by atoms with Gasteiger partial charge in [0.15, 0.2) is 0 Å². The Balaban J connectivity index is 1.67. The fraction of sp³-hybridized carbons (Fsp3) is 0.375. The Hall–Kier alpha value is -1.66. The zero-order valence-electron chi connectivity index (χ0n) is 12.5. The maximum absolute atomic E-state index is 5.62. The predicted molar refractivity (Wildman–Crippen MR) is 91.7 cm³/mol. The maximum Gasteiger partial charge on any atom is 0.229 e. The molecule has 1 atom stereocenters. The molecule has 22 heavy (non-hydrogen) atoms. The first kappa shape index (κ1) is 15.2. The van der Waals surface area contributed by atoms with Crippen LogP contribution in [0.1, 0.15) is 18.5 Å². The molecule has 1 fully saturated rings. The summed E-state index contributed by atoms with van der Waals surface area (Å²) in [6, 6.07) is 9.87. The summed E-state index contributed by atoms with van der Waals surface area (Å²) in [6.07, 6.45) is 2.55. The molecule has 1 aliphatic rings. The van der Waals surface area contributed by atoms with Crippen molar-refractivity contribution >= 4 is 33.4 Å². The second kappa shape index (κ2) is 7.07. The van der Waals surface area contributed by atoms with E-state index in [0.717, 1.165) is 47.7 Å². The van der Waals surface area contributed by atoms with Crippen LogP contribution in [0.25, 0.3) is 0 Å². The molecular weight excluding hydrogens is 344 g/mol. The minimum Gasteiger partial charge on any atom is -0.376 e. The Morgan fingerprint density at radius 3 is 2.82 bits per heavy atom. The molecule has 1 aromatic heterocycles. The molecule has 2 aromatic rings. The molecule has 1 aromatic carbocycles. The van der Waals surface area contributed by atoms with E-state index in [1.54, 1.807) is 0 Å². The molecule has 1 aliphatic heterocycles. The van der Waals surface area contributed by atoms with Gasteiger partial charge < -0.3 is 15.4 Å². The lowest BCUT2D eigenvalue weighted by Crippen LogP contribution is -2.19. The molecule has 0 radical (unpaired) electrons. The van der Waals surface area contributed by atoms with Gasteiger partial charge in [0, 0.05) is 35.1 Å². The maximum atomic E-state index is 5.62. The topological polar surface area (TPSA) is 59.1 Å². The normalized spacial score (nSPS) is 17.5. The third kappa shape index (κ3) is 4.18. The summed E-state index contributed by atoms with van der Waals surface area (Å²) in [5.74, 6) is 1.42. The van der Waals surface area contributed by atoms with E-state index in [2.05, 4.69) is 36.5 Å². The summed E-state index contributed by atoms with van der Waals surface area (Å²) in [4.78, 5) is 8.94. The predicted octanol–water partition coefficient (Wildman–Crippen LogP) is 3.88. The molecule has 2 N–H and O–H groups in total. The Labute approximate surface area is 138 Å². The SMILES string of the molecule is Cc1cc(NCC2CCCO2)nc(Nc2ccc(Br)cc2)n1. The summed E-state index contributed by atoms with van der Waals surface area (Å²) in [7, 11) is 0. The molecule has 0 spiro atoms. The lowest BCUT2D eigenvalue weighted by atomic mass is 10.2. The Morgan fingerprint density at radius 2 is 2.09 bits per heavy atom. The van der Waals surface area contributed by atoms with Crippen molar-refractivity contribution in [1.82, 2.24) is 9.97 Å². The van der Waals surface area contributed by atoms with Crippen LogP contribution < -0.4 is 10.6 Å². The van der Waals surface area contributed by atoms with Gasteiger partial charge >= 0.3 is 0 Å². The molecule has 2 heterocycles. The van der Waals surface area contributed by atoms with E-state index in [4.69, 9.17) is 4.74 Å². The molecule has 0 saturated carbocycles. The van der Waals surface area contributed by atoms with E-state index in [1.807, 2.05) is 37.3 Å². The molecule has 5 nitrogen and oxygen atoms in total. The second-order valence-electron chi connectivity index (χ2n) is 5.37. The van der Waals surface area contributed by atoms with Crippen molar-refractivity contribution in [3.63, 3.8) is 0 Å². The summed E-state index contributed by atoms with van der Waals surface area (Å²) in [5.41, 5.74) is 1.88. The first-order valence-electron chi connectivity index (χ1n) is 7.43. The quantitative estimate of drug-likeness (QED) is 0.844. The molecule has 116 valence electrons. The smallest absolute Gasteiger partial charge is 0.229 e. The number of hydrogen-bond acceptors (Lipinski definition) is 5. The fourth-order valence-corrected chi connectivity index (χ4v) is 2.67. The third-order valence-corrected chi connectivity index (χ3v) is 4.02. The number of hydrogen-bond donors (Lipinski definition) is 2. The molecule has 3 rings (SSSR count). The average Bonchev–Trinajstić information content (AvgIpc) is 3.00. The van der Waals surface area contributed by atoms with E-state index in [-0.39, 0.29) is 6.10 Å². The van der Waals surface area contributed by atoms with Crippen molar-refractivity contribution in [2.45, 2.75) is 25.9 Å². The molecule has 1 saturated heterocycles. The Bertz CT molecular complexity index is 627. The monoisotopic (exact) mass is 362 g/mol. The highest BCUT2D eigenvalue weighted by Crippen LogP contribution is 2.19. The van der Waals surface area contributed by atoms with E-state index in [1.165, 1.54) is 0 Å². The molecule has 0 amide bonds. The van der Waals surface area contributed by atoms with Crippen molar-refractivity contribution < 1.29 is 4.74 Å². The number of aromatic nitrogens is 2. The van der Waals surface area contributed by atoms with E-state index in [0.29, 0.717) is 5.95 Å². The fourth-order valence-electron chi connectivity index (χ4n) is 2.40. The zero-order valence-corrected chi connectivity index (χ0v) is 14.1. The van der Waals surface area contributed by atoms with Gasteiger partial charge in [0.1, 0.15) is 5.82 Å². The number of rotatable bonds is 5. The third-order valence-electron chi connectivity index (χ3n) is 3.49. The molecule has 6 heteroatoms. The molecule has 1 unspecified atom stereocenters. The largest absolute Gasteiger partial charge is 0.376 e. The van der Waals surface area contributed by atoms with Gasteiger partial charge in [-0.05, 0) is 44.0 Å². The number of nitrogens with zero attached hydrogens (tertiary/aromatic N) is 2. The first-order valence-corrected chi connectivity index (χ1v) is 8.22. The molecule has 0 aliphatic carbocycles. The number of aryl methyl sites for hydroxylation is 1. The molecular formula is C16H19BrN4O. The zero-order chi connectivity index (χ0) is 15.4. The van der Waals surface area contributed by atoms with Crippen LogP contribution in [0.5, 0.6) is 0 Å². The van der Waals surface area contributed by atoms with E-state index in [9.17, 15) is 0 Å². The van der Waals surface area contributed by atoms with Crippen LogP contribution in [-0.2, 0) is 4.74 Å². The lowest BCUT2D eigenvalue weighted by Gasteiger charge is -2.13. The van der Waals surface area contributed by atoms with Gasteiger partial charge in [-0.2, -0.15) is 4.98 Å². The van der Waals surface area contributed by atoms with Crippen LogP contribution in [0.4, 0.5) is 17.5 Å². The summed E-state index contributed by atoms with van der Waals surface area (Å²) >= 11 is 3.43. The van der Waals surface area contributed by atoms with Gasteiger partial charge in [-0.15, -0.1) is 0 Å². The number of ether oxygens (including phenoxy) is 1. The van der Waals surface area contributed by atoms with Crippen molar-refractivity contribution in [1.29, 1.82) is 0 Å². The highest BCUT2D eigenvalue weighted by atomic mass is 79.9. The van der Waals surface area contributed by atoms with Gasteiger partial charge in [-0.3, -0.25) is 0 Å². The second-order valence-corrected chi connectivity index (χ2v) is 6.28. The number of nitrogens with one attached hydrogen (secondary N) is 2. The minimum atomic E-state index is 0.290. The van der Waals surface area contributed by atoms with Gasteiger partial charge in [0.2, 0.25) is 5.95 Å². The standard InChI is InChI=1S/C16H19BrN4O/c1-11-9-15(18-10-14-3-2-8-22-14)21-16(19-11)20-13-6-4-12(17)5-7-13/h4-7,9,14H,2-3,8,10H2,1H3,(H2,18,19,20,21). The van der Waals surface area contributed by atoms with Crippen LogP contribution in [-0.4, -0.2) is 29.2 Å². The van der Waals surface area contributed by atoms with Gasteiger partial charge in [0.25, 0.3) is 0 Å². The van der Waals surface area contributed by atoms with E-state index >= 15 is 0 Å². The number of anilines is 3. The van der Waals surface area contributed by atoms with Crippen LogP contribution in [0.15, 0.2) is 34.8 Å². The summed E-state index contributed by atoms with van der Waals surface area (Å²) < 4.78 is 6.66. The van der Waals surface area contributed by atoms with Crippen LogP contribution in [0.2, 0.25) is 0 Å². The van der Waals surface area contributed by atoms with Crippen molar-refractivity contribution in [3.05, 3.63) is 40.5 Å². The summed E-state index contributed by atoms with van der Waals surface area (Å²) in [6.45, 7) is 3.62.